The van der Waals surface area contributed by atoms with Gasteiger partial charge in [-0.2, -0.15) is 13.2 Å². The summed E-state index contributed by atoms with van der Waals surface area (Å²) in [6.07, 6.45) is 4.05. The Balaban J connectivity index is 1.99. The Bertz CT molecular complexity index is 609. The van der Waals surface area contributed by atoms with Gasteiger partial charge in [0.2, 0.25) is 5.91 Å². The van der Waals surface area contributed by atoms with Gasteiger partial charge >= 0.3 is 6.18 Å². The molecule has 0 saturated carbocycles. The fourth-order valence-corrected chi connectivity index (χ4v) is 2.46. The second-order valence-electron chi connectivity index (χ2n) is 5.45. The summed E-state index contributed by atoms with van der Waals surface area (Å²) >= 11 is 0. The smallest absolute Gasteiger partial charge is 0.355 e. The quantitative estimate of drug-likeness (QED) is 0.626. The molecule has 1 aromatic rings. The summed E-state index contributed by atoms with van der Waals surface area (Å²) in [5, 5.41) is 0. The molecule has 1 aliphatic heterocycles. The Morgan fingerprint density at radius 1 is 1.17 bits per heavy atom. The molecule has 0 aromatic carbocycles. The van der Waals surface area contributed by atoms with E-state index in [1.807, 2.05) is 17.9 Å². The minimum Gasteiger partial charge on any atom is -0.355 e. The van der Waals surface area contributed by atoms with E-state index in [0.717, 1.165) is 18.7 Å². The molecular formula is C17H20F3N3O. The lowest BCUT2D eigenvalue weighted by molar-refractivity contribution is -0.137. The third kappa shape index (κ3) is 4.84. The minimum absolute atomic E-state index is 0.0599. The van der Waals surface area contributed by atoms with Gasteiger partial charge < -0.3 is 9.80 Å². The molecule has 130 valence electrons. The van der Waals surface area contributed by atoms with Gasteiger partial charge in [0.1, 0.15) is 5.82 Å². The summed E-state index contributed by atoms with van der Waals surface area (Å²) in [7, 11) is 0. The molecule has 1 aromatic heterocycles. The molecular weight excluding hydrogens is 319 g/mol. The van der Waals surface area contributed by atoms with E-state index in [4.69, 9.17) is 0 Å². The van der Waals surface area contributed by atoms with Crippen molar-refractivity contribution in [2.75, 3.05) is 31.1 Å². The van der Waals surface area contributed by atoms with E-state index in [1.165, 1.54) is 12.1 Å². The largest absolute Gasteiger partial charge is 0.417 e. The number of halogens is 3. The molecule has 1 fully saturated rings. The SMILES string of the molecule is C/C=C/C=C/C(=O)N1CCCN(c2ccc(C(F)(F)F)cn2)CC1. The van der Waals surface area contributed by atoms with Crippen LogP contribution in [-0.2, 0) is 11.0 Å². The number of aromatic nitrogens is 1. The molecule has 0 aliphatic carbocycles. The summed E-state index contributed by atoms with van der Waals surface area (Å²) in [4.78, 5) is 19.6. The van der Waals surface area contributed by atoms with Gasteiger partial charge in [-0.1, -0.05) is 18.2 Å². The van der Waals surface area contributed by atoms with E-state index in [2.05, 4.69) is 4.98 Å². The molecule has 4 nitrogen and oxygen atoms in total. The maximum absolute atomic E-state index is 12.6. The summed E-state index contributed by atoms with van der Waals surface area (Å²) in [6, 6.07) is 2.42. The van der Waals surface area contributed by atoms with Gasteiger partial charge in [-0.25, -0.2) is 4.98 Å². The predicted octanol–water partition coefficient (Wildman–Crippen LogP) is 3.27. The van der Waals surface area contributed by atoms with Crippen molar-refractivity contribution in [3.63, 3.8) is 0 Å². The van der Waals surface area contributed by atoms with Crippen molar-refractivity contribution in [3.8, 4) is 0 Å². The minimum atomic E-state index is -4.38. The molecule has 1 saturated heterocycles. The maximum Gasteiger partial charge on any atom is 0.417 e. The summed E-state index contributed by atoms with van der Waals surface area (Å²) in [6.45, 7) is 4.20. The monoisotopic (exact) mass is 339 g/mol. The standard InChI is InChI=1S/C17H20F3N3O/c1-2-3-4-6-16(24)23-10-5-9-22(11-12-23)15-8-7-14(13-21-15)17(18,19)20/h2-4,6-8,13H,5,9-12H2,1H3/b3-2+,6-4+. The van der Waals surface area contributed by atoms with Gasteiger partial charge in [-0.05, 0) is 25.5 Å². The third-order valence-corrected chi connectivity index (χ3v) is 3.75. The van der Waals surface area contributed by atoms with Crippen LogP contribution >= 0.6 is 0 Å². The molecule has 0 radical (unpaired) electrons. The molecule has 2 heterocycles. The average Bonchev–Trinajstić information content (AvgIpc) is 2.80. The number of amides is 1. The number of pyridine rings is 1. The first-order valence-electron chi connectivity index (χ1n) is 7.78. The first-order valence-corrected chi connectivity index (χ1v) is 7.78. The Kier molecular flexibility index (Phi) is 6.00. The van der Waals surface area contributed by atoms with Gasteiger partial charge in [-0.15, -0.1) is 0 Å². The number of hydrogen-bond donors (Lipinski definition) is 0. The van der Waals surface area contributed by atoms with Crippen LogP contribution in [-0.4, -0.2) is 42.0 Å². The van der Waals surface area contributed by atoms with Crippen LogP contribution in [0.2, 0.25) is 0 Å². The van der Waals surface area contributed by atoms with Crippen LogP contribution in [0, 0.1) is 0 Å². The number of hydrogen-bond acceptors (Lipinski definition) is 3. The molecule has 1 amide bonds. The first-order chi connectivity index (χ1) is 11.4. The van der Waals surface area contributed by atoms with Crippen LogP contribution in [0.3, 0.4) is 0 Å². The van der Waals surface area contributed by atoms with Gasteiger partial charge in [0.05, 0.1) is 5.56 Å². The zero-order chi connectivity index (χ0) is 17.6. The second kappa shape index (κ2) is 7.99. The number of nitrogens with zero attached hydrogens (tertiary/aromatic N) is 3. The van der Waals surface area contributed by atoms with Crippen molar-refractivity contribution >= 4 is 11.7 Å². The molecule has 2 rings (SSSR count). The van der Waals surface area contributed by atoms with E-state index in [9.17, 15) is 18.0 Å². The summed E-state index contributed by atoms with van der Waals surface area (Å²) in [5.74, 6) is 0.442. The second-order valence-corrected chi connectivity index (χ2v) is 5.45. The van der Waals surface area contributed by atoms with Crippen LogP contribution in [0.25, 0.3) is 0 Å². The molecule has 0 unspecified atom stereocenters. The topological polar surface area (TPSA) is 36.4 Å². The fourth-order valence-electron chi connectivity index (χ4n) is 2.46. The molecule has 0 bridgehead atoms. The van der Waals surface area contributed by atoms with E-state index >= 15 is 0 Å². The zero-order valence-corrected chi connectivity index (χ0v) is 13.5. The van der Waals surface area contributed by atoms with E-state index in [-0.39, 0.29) is 5.91 Å². The number of rotatable bonds is 3. The number of carbonyl (C=O) groups is 1. The fraction of sp³-hybridized carbons (Fsp3) is 0.412. The molecule has 1 aliphatic rings. The number of anilines is 1. The Hall–Kier alpha value is -2.31. The maximum atomic E-state index is 12.6. The lowest BCUT2D eigenvalue weighted by Crippen LogP contribution is -2.34. The Morgan fingerprint density at radius 3 is 2.58 bits per heavy atom. The zero-order valence-electron chi connectivity index (χ0n) is 13.5. The van der Waals surface area contributed by atoms with Crippen molar-refractivity contribution in [3.05, 3.63) is 48.2 Å². The van der Waals surface area contributed by atoms with Gasteiger partial charge in [0.15, 0.2) is 0 Å². The lowest BCUT2D eigenvalue weighted by atomic mass is 10.2. The van der Waals surface area contributed by atoms with E-state index < -0.39 is 11.7 Å². The third-order valence-electron chi connectivity index (χ3n) is 3.75. The van der Waals surface area contributed by atoms with Crippen LogP contribution in [0.1, 0.15) is 18.9 Å². The number of carbonyl (C=O) groups excluding carboxylic acids is 1. The van der Waals surface area contributed by atoms with Crippen LogP contribution in [0.4, 0.5) is 19.0 Å². The predicted molar refractivity (Wildman–Crippen MR) is 86.6 cm³/mol. The molecule has 24 heavy (non-hydrogen) atoms. The normalized spacial score (nSPS) is 16.8. The van der Waals surface area contributed by atoms with Crippen molar-refractivity contribution in [1.29, 1.82) is 0 Å². The molecule has 0 atom stereocenters. The molecule has 0 N–H and O–H groups in total. The van der Waals surface area contributed by atoms with Crippen LogP contribution in [0.5, 0.6) is 0 Å². The van der Waals surface area contributed by atoms with Gasteiger partial charge in [-0.3, -0.25) is 4.79 Å². The highest BCUT2D eigenvalue weighted by Gasteiger charge is 2.31. The highest BCUT2D eigenvalue weighted by Crippen LogP contribution is 2.29. The van der Waals surface area contributed by atoms with Crippen molar-refractivity contribution in [2.24, 2.45) is 0 Å². The summed E-state index contributed by atoms with van der Waals surface area (Å²) in [5.41, 5.74) is -0.757. The molecule has 7 heteroatoms. The number of alkyl halides is 3. The number of allylic oxidation sites excluding steroid dienone is 3. The lowest BCUT2D eigenvalue weighted by Gasteiger charge is -2.22. The van der Waals surface area contributed by atoms with Gasteiger partial charge in [0.25, 0.3) is 0 Å². The van der Waals surface area contributed by atoms with E-state index in [0.29, 0.717) is 32.0 Å². The van der Waals surface area contributed by atoms with Crippen LogP contribution < -0.4 is 4.90 Å². The van der Waals surface area contributed by atoms with Crippen LogP contribution in [0.15, 0.2) is 42.6 Å². The first kappa shape index (κ1) is 18.0. The average molecular weight is 339 g/mol. The van der Waals surface area contributed by atoms with Crippen molar-refractivity contribution in [2.45, 2.75) is 19.5 Å². The van der Waals surface area contributed by atoms with Gasteiger partial charge in [0, 0.05) is 38.5 Å². The van der Waals surface area contributed by atoms with Crippen molar-refractivity contribution < 1.29 is 18.0 Å². The highest BCUT2D eigenvalue weighted by atomic mass is 19.4. The highest BCUT2D eigenvalue weighted by molar-refractivity contribution is 5.87. The van der Waals surface area contributed by atoms with Crippen molar-refractivity contribution in [1.82, 2.24) is 9.88 Å². The molecule has 0 spiro atoms. The summed E-state index contributed by atoms with van der Waals surface area (Å²) < 4.78 is 37.8. The Labute approximate surface area is 139 Å². The Morgan fingerprint density at radius 2 is 1.96 bits per heavy atom. The van der Waals surface area contributed by atoms with E-state index in [1.54, 1.807) is 17.1 Å².